The van der Waals surface area contributed by atoms with Crippen molar-refractivity contribution in [1.29, 1.82) is 0 Å². The summed E-state index contributed by atoms with van der Waals surface area (Å²) in [6, 6.07) is 25.1. The van der Waals surface area contributed by atoms with E-state index in [1.165, 1.54) is 0 Å². The highest BCUT2D eigenvalue weighted by atomic mass is 19.4. The fourth-order valence-corrected chi connectivity index (χ4v) is 4.91. The number of rotatable bonds is 3. The highest BCUT2D eigenvalue weighted by Gasteiger charge is 2.83. The summed E-state index contributed by atoms with van der Waals surface area (Å²) in [5.41, 5.74) is 1.27. The molecule has 0 N–H and O–H groups in total. The van der Waals surface area contributed by atoms with E-state index in [1.807, 2.05) is 59.5 Å². The maximum absolute atomic E-state index is 14.5. The first-order chi connectivity index (χ1) is 13.0. The van der Waals surface area contributed by atoms with E-state index in [2.05, 4.69) is 0 Å². The van der Waals surface area contributed by atoms with Crippen LogP contribution in [0.3, 0.4) is 0 Å². The van der Waals surface area contributed by atoms with Gasteiger partial charge in [0.25, 0.3) is 0 Å². The minimum Gasteiger partial charge on any atom is -0.362 e. The second kappa shape index (κ2) is 5.62. The van der Waals surface area contributed by atoms with Crippen LogP contribution in [-0.4, -0.2) is 12.2 Å². The summed E-state index contributed by atoms with van der Waals surface area (Å²) in [6.45, 7) is 0.476. The molecule has 1 saturated carbocycles. The Morgan fingerprint density at radius 3 is 2.04 bits per heavy atom. The predicted molar refractivity (Wildman–Crippen MR) is 99.8 cm³/mol. The van der Waals surface area contributed by atoms with Gasteiger partial charge in [-0.05, 0) is 22.8 Å². The lowest BCUT2D eigenvalue weighted by Crippen LogP contribution is -2.40. The van der Waals surface area contributed by atoms with Crippen molar-refractivity contribution in [2.24, 2.45) is 0 Å². The maximum Gasteiger partial charge on any atom is 0.401 e. The number of halogens is 3. The molecule has 1 fully saturated rings. The third-order valence-corrected chi connectivity index (χ3v) is 6.00. The van der Waals surface area contributed by atoms with Crippen LogP contribution in [-0.2, 0) is 12.0 Å². The van der Waals surface area contributed by atoms with Crippen LogP contribution >= 0.6 is 0 Å². The topological polar surface area (TPSA) is 3.24 Å². The van der Waals surface area contributed by atoms with Crippen molar-refractivity contribution >= 4 is 5.69 Å². The zero-order valence-electron chi connectivity index (χ0n) is 14.5. The molecule has 0 amide bonds. The smallest absolute Gasteiger partial charge is 0.362 e. The fourth-order valence-electron chi connectivity index (χ4n) is 4.91. The molecule has 1 nitrogen and oxygen atoms in total. The van der Waals surface area contributed by atoms with E-state index in [0.29, 0.717) is 12.1 Å². The van der Waals surface area contributed by atoms with Gasteiger partial charge in [-0.15, -0.1) is 0 Å². The second-order valence-corrected chi connectivity index (χ2v) is 7.33. The Hall–Kier alpha value is -2.75. The summed E-state index contributed by atoms with van der Waals surface area (Å²) in [6.07, 6.45) is -4.31. The van der Waals surface area contributed by atoms with Gasteiger partial charge in [0.15, 0.2) is 0 Å². The number of hydrogen-bond donors (Lipinski definition) is 0. The number of para-hydroxylation sites is 1. The molecule has 1 aliphatic heterocycles. The van der Waals surface area contributed by atoms with E-state index >= 15 is 0 Å². The normalized spacial score (nSPS) is 25.8. The number of nitrogens with zero attached hydrogens (tertiary/aromatic N) is 1. The van der Waals surface area contributed by atoms with Gasteiger partial charge >= 0.3 is 6.18 Å². The molecule has 3 atom stereocenters. The van der Waals surface area contributed by atoms with Crippen LogP contribution in [0.2, 0.25) is 0 Å². The number of hydrogen-bond acceptors (Lipinski definition) is 1. The van der Waals surface area contributed by atoms with Crippen molar-refractivity contribution in [2.45, 2.75) is 30.1 Å². The van der Waals surface area contributed by atoms with Crippen molar-refractivity contribution in [1.82, 2.24) is 0 Å². The summed E-state index contributed by atoms with van der Waals surface area (Å²) < 4.78 is 43.4. The summed E-state index contributed by atoms with van der Waals surface area (Å²) >= 11 is 0. The monoisotopic (exact) mass is 365 g/mol. The Balaban J connectivity index is 1.66. The molecule has 0 radical (unpaired) electrons. The summed E-state index contributed by atoms with van der Waals surface area (Å²) in [5, 5.41) is 0. The van der Waals surface area contributed by atoms with Gasteiger partial charge in [-0.2, -0.15) is 13.2 Å². The second-order valence-electron chi connectivity index (χ2n) is 7.33. The van der Waals surface area contributed by atoms with Crippen LogP contribution in [0.1, 0.15) is 22.6 Å². The first-order valence-electron chi connectivity index (χ1n) is 9.07. The molecule has 5 rings (SSSR count). The molecular formula is C23H18F3N. The highest BCUT2D eigenvalue weighted by Crippen LogP contribution is 2.74. The van der Waals surface area contributed by atoms with E-state index in [-0.39, 0.29) is 0 Å². The van der Waals surface area contributed by atoms with Crippen molar-refractivity contribution < 1.29 is 13.2 Å². The van der Waals surface area contributed by atoms with Gasteiger partial charge in [0, 0.05) is 18.2 Å². The number of benzene rings is 3. The van der Waals surface area contributed by atoms with E-state index in [4.69, 9.17) is 0 Å². The average Bonchev–Trinajstić information content (AvgIpc) is 3.30. The lowest BCUT2D eigenvalue weighted by molar-refractivity contribution is -0.164. The zero-order chi connectivity index (χ0) is 18.6. The maximum atomic E-state index is 14.5. The standard InChI is InChI=1S/C23H18F3N/c24-23(25,26)22(17-11-5-2-6-12-17)20-18-13-7-8-14-19(18)27(21(20)22)15-16-9-3-1-4-10-16/h1-14,20-21H,15H2/t20-,21+,22+/m0/s1. The minimum atomic E-state index is -4.31. The lowest BCUT2D eigenvalue weighted by atomic mass is 9.87. The molecule has 4 heteroatoms. The Morgan fingerprint density at radius 1 is 0.778 bits per heavy atom. The summed E-state index contributed by atoms with van der Waals surface area (Å²) in [7, 11) is 0. The molecule has 0 bridgehead atoms. The van der Waals surface area contributed by atoms with Crippen LogP contribution < -0.4 is 4.90 Å². The Morgan fingerprint density at radius 2 is 1.37 bits per heavy atom. The molecular weight excluding hydrogens is 347 g/mol. The van der Waals surface area contributed by atoms with Crippen molar-refractivity contribution in [3.8, 4) is 0 Å². The van der Waals surface area contributed by atoms with Gasteiger partial charge in [-0.3, -0.25) is 0 Å². The van der Waals surface area contributed by atoms with Crippen molar-refractivity contribution in [2.75, 3.05) is 4.90 Å². The van der Waals surface area contributed by atoms with Gasteiger partial charge in [0.05, 0.1) is 6.04 Å². The highest BCUT2D eigenvalue weighted by molar-refractivity contribution is 5.73. The number of fused-ring (bicyclic) bond motifs is 3. The Kier molecular flexibility index (Phi) is 3.42. The molecule has 2 aliphatic rings. The average molecular weight is 365 g/mol. The third-order valence-electron chi connectivity index (χ3n) is 6.00. The van der Waals surface area contributed by atoms with E-state index < -0.39 is 23.6 Å². The van der Waals surface area contributed by atoms with Crippen molar-refractivity contribution in [3.05, 3.63) is 102 Å². The zero-order valence-corrected chi connectivity index (χ0v) is 14.5. The van der Waals surface area contributed by atoms with Gasteiger partial charge < -0.3 is 4.90 Å². The van der Waals surface area contributed by atoms with E-state index in [0.717, 1.165) is 16.8 Å². The largest absolute Gasteiger partial charge is 0.401 e. The Labute approximate surface area is 156 Å². The molecule has 1 aliphatic carbocycles. The number of anilines is 1. The minimum absolute atomic E-state index is 0.361. The van der Waals surface area contributed by atoms with Crippen molar-refractivity contribution in [3.63, 3.8) is 0 Å². The first kappa shape index (κ1) is 16.4. The van der Waals surface area contributed by atoms with Gasteiger partial charge in [0.2, 0.25) is 0 Å². The van der Waals surface area contributed by atoms with Crippen LogP contribution in [0, 0.1) is 0 Å². The SMILES string of the molecule is FC(F)(F)[C@]1(c2ccccc2)[C@H]2c3ccccc3N(Cc3ccccc3)[C@H]21. The lowest BCUT2D eigenvalue weighted by Gasteiger charge is -2.32. The summed E-state index contributed by atoms with van der Waals surface area (Å²) in [4.78, 5) is 1.95. The van der Waals surface area contributed by atoms with E-state index in [9.17, 15) is 13.2 Å². The van der Waals surface area contributed by atoms with Gasteiger partial charge in [0.1, 0.15) is 5.41 Å². The predicted octanol–water partition coefficient (Wildman–Crippen LogP) is 5.67. The van der Waals surface area contributed by atoms with E-state index in [1.54, 1.807) is 30.3 Å². The molecule has 0 spiro atoms. The first-order valence-corrected chi connectivity index (χ1v) is 9.07. The van der Waals surface area contributed by atoms with Gasteiger partial charge in [-0.25, -0.2) is 0 Å². The quantitative estimate of drug-likeness (QED) is 0.578. The molecule has 0 aromatic heterocycles. The molecule has 136 valence electrons. The van der Waals surface area contributed by atoms with Crippen LogP contribution in [0.4, 0.5) is 18.9 Å². The molecule has 3 aromatic carbocycles. The van der Waals surface area contributed by atoms with Crippen LogP contribution in [0.15, 0.2) is 84.9 Å². The molecule has 1 heterocycles. The molecule has 0 unspecified atom stereocenters. The molecule has 3 aromatic rings. The number of alkyl halides is 3. The summed E-state index contributed by atoms with van der Waals surface area (Å²) in [5.74, 6) is -0.556. The van der Waals surface area contributed by atoms with Gasteiger partial charge in [-0.1, -0.05) is 78.9 Å². The third kappa shape index (κ3) is 2.19. The Bertz CT molecular complexity index is 968. The van der Waals surface area contributed by atoms with Crippen LogP contribution in [0.25, 0.3) is 0 Å². The molecule has 0 saturated heterocycles. The molecule has 27 heavy (non-hydrogen) atoms. The fraction of sp³-hybridized carbons (Fsp3) is 0.217. The van der Waals surface area contributed by atoms with Crippen LogP contribution in [0.5, 0.6) is 0 Å².